The molecule has 0 heterocycles. The third kappa shape index (κ3) is 4.15. The van der Waals surface area contributed by atoms with Gasteiger partial charge in [0, 0.05) is 22.8 Å². The molecule has 120 valence electrons. The zero-order chi connectivity index (χ0) is 17.0. The molecule has 2 aromatic carbocycles. The topological polar surface area (TPSA) is 56.0 Å². The predicted octanol–water partition coefficient (Wildman–Crippen LogP) is 4.38. The number of aliphatic hydroxyl groups excluding tert-OH is 1. The van der Waals surface area contributed by atoms with Crippen LogP contribution in [0.3, 0.4) is 0 Å². The van der Waals surface area contributed by atoms with Crippen molar-refractivity contribution in [3.63, 3.8) is 0 Å². The number of hydrogen-bond acceptors (Lipinski definition) is 3. The van der Waals surface area contributed by atoms with Crippen LogP contribution in [0.15, 0.2) is 42.5 Å². The number of nitrogens with one attached hydrogen (secondary N) is 1. The van der Waals surface area contributed by atoms with E-state index in [2.05, 4.69) is 5.32 Å². The molecule has 0 fully saturated rings. The molecular weight excluding hydrogens is 329 g/mol. The minimum atomic E-state index is -4.61. The van der Waals surface area contributed by atoms with Gasteiger partial charge in [0.25, 0.3) is 0 Å². The van der Waals surface area contributed by atoms with E-state index in [0.29, 0.717) is 10.6 Å². The highest BCUT2D eigenvalue weighted by atomic mass is 35.5. The standard InChI is InChI=1S/C16H12ClF3N2O/c17-13-4-2-1-3-11(13)15(23)9-22-14-6-5-10(8-21)7-12(14)16(18,19)20/h1-7,15,22-23H,9H2. The fourth-order valence-electron chi connectivity index (χ4n) is 2.06. The SMILES string of the molecule is N#Cc1ccc(NCC(O)c2ccccc2Cl)c(C(F)(F)F)c1. The molecule has 0 bridgehead atoms. The smallest absolute Gasteiger partial charge is 0.387 e. The Hall–Kier alpha value is -2.23. The van der Waals surface area contributed by atoms with Gasteiger partial charge in [-0.1, -0.05) is 29.8 Å². The second-order valence-corrected chi connectivity index (χ2v) is 5.20. The van der Waals surface area contributed by atoms with Crippen molar-refractivity contribution in [3.05, 3.63) is 64.2 Å². The summed E-state index contributed by atoms with van der Waals surface area (Å²) in [6, 6.07) is 11.4. The van der Waals surface area contributed by atoms with Gasteiger partial charge in [-0.2, -0.15) is 18.4 Å². The largest absolute Gasteiger partial charge is 0.418 e. The average Bonchev–Trinajstić information content (AvgIpc) is 2.52. The van der Waals surface area contributed by atoms with Crippen molar-refractivity contribution in [2.75, 3.05) is 11.9 Å². The minimum Gasteiger partial charge on any atom is -0.387 e. The number of alkyl halides is 3. The zero-order valence-electron chi connectivity index (χ0n) is 11.7. The van der Waals surface area contributed by atoms with Gasteiger partial charge in [0.15, 0.2) is 0 Å². The molecule has 0 radical (unpaired) electrons. The summed E-state index contributed by atoms with van der Waals surface area (Å²) in [4.78, 5) is 0. The van der Waals surface area contributed by atoms with Gasteiger partial charge in [-0.3, -0.25) is 0 Å². The van der Waals surface area contributed by atoms with Gasteiger partial charge in [-0.05, 0) is 24.3 Å². The molecule has 7 heteroatoms. The third-order valence-electron chi connectivity index (χ3n) is 3.20. The summed E-state index contributed by atoms with van der Waals surface area (Å²) in [7, 11) is 0. The first kappa shape index (κ1) is 17.1. The van der Waals surface area contributed by atoms with E-state index in [1.54, 1.807) is 30.3 Å². The fraction of sp³-hybridized carbons (Fsp3) is 0.188. The lowest BCUT2D eigenvalue weighted by atomic mass is 10.1. The Balaban J connectivity index is 2.21. The van der Waals surface area contributed by atoms with Crippen LogP contribution in [0.2, 0.25) is 5.02 Å². The highest BCUT2D eigenvalue weighted by Crippen LogP contribution is 2.35. The van der Waals surface area contributed by atoms with Crippen LogP contribution in [0.25, 0.3) is 0 Å². The first-order valence-electron chi connectivity index (χ1n) is 6.60. The lowest BCUT2D eigenvalue weighted by Gasteiger charge is -2.18. The molecule has 3 nitrogen and oxygen atoms in total. The van der Waals surface area contributed by atoms with Gasteiger partial charge in [0.05, 0.1) is 23.3 Å². The van der Waals surface area contributed by atoms with E-state index in [1.807, 2.05) is 0 Å². The van der Waals surface area contributed by atoms with Crippen LogP contribution < -0.4 is 5.32 Å². The highest BCUT2D eigenvalue weighted by molar-refractivity contribution is 6.31. The molecule has 0 amide bonds. The maximum atomic E-state index is 13.0. The Morgan fingerprint density at radius 2 is 1.91 bits per heavy atom. The Kier molecular flexibility index (Phi) is 5.14. The minimum absolute atomic E-state index is 0.0884. The van der Waals surface area contributed by atoms with Crippen LogP contribution in [-0.2, 0) is 6.18 Å². The molecule has 0 aliphatic rings. The Bertz CT molecular complexity index is 741. The number of rotatable bonds is 4. The summed E-state index contributed by atoms with van der Waals surface area (Å²) < 4.78 is 39.1. The van der Waals surface area contributed by atoms with Crippen LogP contribution in [0, 0.1) is 11.3 Å². The van der Waals surface area contributed by atoms with E-state index in [4.69, 9.17) is 16.9 Å². The lowest BCUT2D eigenvalue weighted by Crippen LogP contribution is -2.16. The Labute approximate surface area is 135 Å². The van der Waals surface area contributed by atoms with E-state index >= 15 is 0 Å². The van der Waals surface area contributed by atoms with Gasteiger partial charge < -0.3 is 10.4 Å². The van der Waals surface area contributed by atoms with Gasteiger partial charge in [-0.15, -0.1) is 0 Å². The molecule has 0 aromatic heterocycles. The summed E-state index contributed by atoms with van der Waals surface area (Å²) in [5.41, 5.74) is -0.830. The van der Waals surface area contributed by atoms with Crippen LogP contribution in [0.4, 0.5) is 18.9 Å². The number of nitrogens with zero attached hydrogens (tertiary/aromatic N) is 1. The van der Waals surface area contributed by atoms with Gasteiger partial charge in [0.2, 0.25) is 0 Å². The summed E-state index contributed by atoms with van der Waals surface area (Å²) in [6.07, 6.45) is -5.68. The maximum Gasteiger partial charge on any atom is 0.418 e. The van der Waals surface area contributed by atoms with Gasteiger partial charge >= 0.3 is 6.18 Å². The Morgan fingerprint density at radius 1 is 1.22 bits per heavy atom. The summed E-state index contributed by atoms with van der Waals surface area (Å²) in [6.45, 7) is -0.154. The van der Waals surface area contributed by atoms with E-state index in [-0.39, 0.29) is 17.8 Å². The van der Waals surface area contributed by atoms with Crippen molar-refractivity contribution in [1.29, 1.82) is 5.26 Å². The van der Waals surface area contributed by atoms with E-state index < -0.39 is 17.8 Å². The number of aliphatic hydroxyl groups is 1. The van der Waals surface area contributed by atoms with Gasteiger partial charge in [-0.25, -0.2) is 0 Å². The number of nitriles is 1. The molecular formula is C16H12ClF3N2O. The molecule has 0 spiro atoms. The summed E-state index contributed by atoms with van der Waals surface area (Å²) >= 11 is 5.94. The van der Waals surface area contributed by atoms with E-state index in [0.717, 1.165) is 6.07 Å². The highest BCUT2D eigenvalue weighted by Gasteiger charge is 2.34. The van der Waals surface area contributed by atoms with Crippen molar-refractivity contribution in [1.82, 2.24) is 0 Å². The molecule has 2 N–H and O–H groups in total. The van der Waals surface area contributed by atoms with E-state index in [9.17, 15) is 18.3 Å². The number of hydrogen-bond donors (Lipinski definition) is 2. The van der Waals surface area contributed by atoms with Gasteiger partial charge in [0.1, 0.15) is 0 Å². The number of benzene rings is 2. The van der Waals surface area contributed by atoms with Crippen LogP contribution in [-0.4, -0.2) is 11.7 Å². The second kappa shape index (κ2) is 6.90. The van der Waals surface area contributed by atoms with Crippen molar-refractivity contribution in [2.45, 2.75) is 12.3 Å². The normalized spacial score (nSPS) is 12.5. The monoisotopic (exact) mass is 340 g/mol. The van der Waals surface area contributed by atoms with Crippen LogP contribution >= 0.6 is 11.6 Å². The molecule has 23 heavy (non-hydrogen) atoms. The zero-order valence-corrected chi connectivity index (χ0v) is 12.5. The third-order valence-corrected chi connectivity index (χ3v) is 3.55. The predicted molar refractivity (Wildman–Crippen MR) is 81.1 cm³/mol. The lowest BCUT2D eigenvalue weighted by molar-refractivity contribution is -0.137. The second-order valence-electron chi connectivity index (χ2n) is 4.79. The Morgan fingerprint density at radius 3 is 2.52 bits per heavy atom. The maximum absolute atomic E-state index is 13.0. The number of halogens is 4. The molecule has 1 unspecified atom stereocenters. The van der Waals surface area contributed by atoms with Crippen LogP contribution in [0.1, 0.15) is 22.8 Å². The molecule has 2 aromatic rings. The van der Waals surface area contributed by atoms with E-state index in [1.165, 1.54) is 12.1 Å². The number of anilines is 1. The van der Waals surface area contributed by atoms with Crippen molar-refractivity contribution < 1.29 is 18.3 Å². The fourth-order valence-corrected chi connectivity index (χ4v) is 2.33. The molecule has 2 rings (SSSR count). The molecule has 0 aliphatic heterocycles. The molecule has 0 aliphatic carbocycles. The molecule has 0 saturated carbocycles. The van der Waals surface area contributed by atoms with Crippen molar-refractivity contribution >= 4 is 17.3 Å². The first-order valence-corrected chi connectivity index (χ1v) is 6.98. The molecule has 0 saturated heterocycles. The average molecular weight is 341 g/mol. The van der Waals surface area contributed by atoms with Crippen molar-refractivity contribution in [3.8, 4) is 6.07 Å². The summed E-state index contributed by atoms with van der Waals surface area (Å²) in [5, 5.41) is 21.7. The summed E-state index contributed by atoms with van der Waals surface area (Å²) in [5.74, 6) is 0. The molecule has 1 atom stereocenters. The quantitative estimate of drug-likeness (QED) is 0.868. The first-order chi connectivity index (χ1) is 10.8. The van der Waals surface area contributed by atoms with Crippen molar-refractivity contribution in [2.24, 2.45) is 0 Å². The van der Waals surface area contributed by atoms with Crippen LogP contribution in [0.5, 0.6) is 0 Å².